The maximum absolute atomic E-state index is 13.4. The summed E-state index contributed by atoms with van der Waals surface area (Å²) in [6, 6.07) is 18.8. The van der Waals surface area contributed by atoms with E-state index < -0.39 is 44.2 Å². The van der Waals surface area contributed by atoms with Gasteiger partial charge in [0.1, 0.15) is 31.0 Å². The largest absolute Gasteiger partial charge is 0.575 e. The molecular weight excluding hydrogens is 794 g/mol. The van der Waals surface area contributed by atoms with Crippen LogP contribution in [0, 0.1) is 9.75 Å². The Morgan fingerprint density at radius 2 is 1.86 bits per heavy atom. The number of nitrogens with two attached hydrogens (primary N) is 1. The van der Waals surface area contributed by atoms with Crippen molar-refractivity contribution in [2.24, 2.45) is 10.7 Å². The van der Waals surface area contributed by atoms with Gasteiger partial charge in [-0.15, -0.1) is 0 Å². The molecule has 268 valence electrons. The summed E-state index contributed by atoms with van der Waals surface area (Å²) in [5.74, 6) is -0.606. The molecule has 1 unspecified atom stereocenters. The highest BCUT2D eigenvalue weighted by Crippen LogP contribution is 2.44. The van der Waals surface area contributed by atoms with E-state index in [0.717, 1.165) is 10.9 Å². The number of nitrogen functional groups attached to an aromatic ring is 1. The lowest BCUT2D eigenvalue weighted by atomic mass is 9.96. The number of ether oxygens (including phenoxy) is 4. The minimum Gasteiger partial charge on any atom is -0.575 e. The summed E-state index contributed by atoms with van der Waals surface area (Å²) >= 11 is 1.96. The Bertz CT molecular complexity index is 2080. The molecule has 4 N–H and O–H groups in total. The third-order valence-electron chi connectivity index (χ3n) is 8.40. The molecule has 6 rings (SSSR count). The van der Waals surface area contributed by atoms with Gasteiger partial charge in [0.25, 0.3) is 0 Å². The fourth-order valence-electron chi connectivity index (χ4n) is 5.71. The molecule has 0 amide bonds. The Balaban J connectivity index is 1.24. The van der Waals surface area contributed by atoms with Gasteiger partial charge in [-0.1, -0.05) is 79.3 Å². The zero-order valence-electron chi connectivity index (χ0n) is 28.0. The van der Waals surface area contributed by atoms with Gasteiger partial charge in [0.05, 0.1) is 7.11 Å². The first-order valence-electron chi connectivity index (χ1n) is 15.9. The first-order chi connectivity index (χ1) is 24.4. The zero-order valence-corrected chi connectivity index (χ0v) is 31.1. The highest BCUT2D eigenvalue weighted by atomic mass is 127. The van der Waals surface area contributed by atoms with Gasteiger partial charge in [0, 0.05) is 28.0 Å². The van der Waals surface area contributed by atoms with Crippen molar-refractivity contribution in [3.05, 3.63) is 76.1 Å². The number of carbonyl (C=O) groups excluding carboxylic acids is 1. The van der Waals surface area contributed by atoms with Crippen LogP contribution in [0.2, 0.25) is 0 Å². The third kappa shape index (κ3) is 7.56. The van der Waals surface area contributed by atoms with Crippen molar-refractivity contribution in [3.63, 3.8) is 0 Å². The number of esters is 1. The molecule has 5 aromatic rings. The second kappa shape index (κ2) is 15.2. The summed E-state index contributed by atoms with van der Waals surface area (Å²) in [5, 5.41) is 24.2. The van der Waals surface area contributed by atoms with Gasteiger partial charge in [0.15, 0.2) is 33.0 Å². The van der Waals surface area contributed by atoms with E-state index in [0.29, 0.717) is 14.7 Å². The van der Waals surface area contributed by atoms with Crippen LogP contribution in [0.4, 0.5) is 5.95 Å². The molecule has 0 aliphatic carbocycles. The number of aromatic nitrogens is 4. The number of hydrogen-bond donors (Lipinski definition) is 3. The average molecular weight is 831 g/mol. The molecule has 0 spiro atoms. The quantitative estimate of drug-likeness (QED) is 0.0696. The number of aliphatic hydroxyl groups is 2. The van der Waals surface area contributed by atoms with Crippen LogP contribution in [0.25, 0.3) is 21.9 Å². The molecule has 2 aromatic heterocycles. The van der Waals surface area contributed by atoms with Crippen molar-refractivity contribution >= 4 is 64.6 Å². The predicted molar refractivity (Wildman–Crippen MR) is 194 cm³/mol. The van der Waals surface area contributed by atoms with E-state index >= 15 is 0 Å². The topological polar surface area (TPSA) is 209 Å². The highest BCUT2D eigenvalue weighted by molar-refractivity contribution is 14.1. The normalized spacial score (nSPS) is 21.3. The van der Waals surface area contributed by atoms with Crippen LogP contribution < -0.4 is 24.6 Å². The van der Waals surface area contributed by atoms with Crippen LogP contribution in [-0.2, 0) is 20.9 Å². The fraction of sp³-hybridized carbons (Fsp3) is 0.353. The van der Waals surface area contributed by atoms with E-state index in [1.54, 1.807) is 38.1 Å². The van der Waals surface area contributed by atoms with Gasteiger partial charge < -0.3 is 39.8 Å². The predicted octanol–water partition coefficient (Wildman–Crippen LogP) is 4.27. The zero-order chi connectivity index (χ0) is 36.4. The van der Waals surface area contributed by atoms with Crippen LogP contribution in [0.5, 0.6) is 17.4 Å². The van der Waals surface area contributed by atoms with E-state index in [1.165, 1.54) is 18.6 Å². The fourth-order valence-corrected chi connectivity index (χ4v) is 7.39. The third-order valence-corrected chi connectivity index (χ3v) is 9.93. The molecule has 1 saturated heterocycles. The summed E-state index contributed by atoms with van der Waals surface area (Å²) in [6.07, 6.45) is -3.64. The lowest BCUT2D eigenvalue weighted by Crippen LogP contribution is -2.45. The number of imidazole rings is 1. The molecule has 1 aliphatic rings. The number of aliphatic hydroxyl groups excluding tert-OH is 1. The summed E-state index contributed by atoms with van der Waals surface area (Å²) in [6.45, 7) is 4.77. The van der Waals surface area contributed by atoms with E-state index in [9.17, 15) is 19.9 Å². The summed E-state index contributed by atoms with van der Waals surface area (Å²) in [5.41, 5.74) is 5.42. The molecule has 17 heteroatoms. The van der Waals surface area contributed by atoms with E-state index in [-0.39, 0.29) is 48.1 Å². The maximum atomic E-state index is 13.4. The van der Waals surface area contributed by atoms with E-state index in [1.807, 2.05) is 65.1 Å². The number of fused-ring (bicyclic) bond motifs is 2. The lowest BCUT2D eigenvalue weighted by Gasteiger charge is -2.27. The van der Waals surface area contributed by atoms with Crippen molar-refractivity contribution in [1.82, 2.24) is 19.5 Å². The molecule has 0 saturated carbocycles. The molecule has 6 atom stereocenters. The standard InChI is InChI=1S/C34H36IN6O9P/c1-18(2)24(30(43)48-16-19-10-6-5-7-11-19)40-51(45)50-26-21-13-9-8-12-20(21)14-15-22(26)47-17-23-27(42)34(3,44)31(49-23)41-28-25(37-32(41)35)29(46-4)39-33(36)38-28/h5-15,18,23-24,27,31,42,44H,16-17H2,1-4H3,(H2,36,38,39)/t23-,24+,27-,31-,34-/m1/s1. The smallest absolute Gasteiger partial charge is 0.395 e. The monoisotopic (exact) mass is 830 g/mol. The van der Waals surface area contributed by atoms with Crippen LogP contribution in [0.15, 0.2) is 71.5 Å². The number of halogens is 1. The van der Waals surface area contributed by atoms with Crippen molar-refractivity contribution in [3.8, 4) is 17.4 Å². The van der Waals surface area contributed by atoms with E-state index in [4.69, 9.17) is 29.2 Å². The average Bonchev–Trinajstić information content (AvgIpc) is 3.55. The summed E-state index contributed by atoms with van der Waals surface area (Å²) in [4.78, 5) is 39.3. The molecule has 0 radical (unpaired) electrons. The van der Waals surface area contributed by atoms with Gasteiger partial charge in [-0.2, -0.15) is 9.97 Å². The van der Waals surface area contributed by atoms with Gasteiger partial charge in [-0.25, -0.2) is 9.78 Å². The first-order valence-corrected chi connectivity index (χ1v) is 18.1. The van der Waals surface area contributed by atoms with Crippen LogP contribution in [0.3, 0.4) is 0 Å². The number of nitrogens with zero attached hydrogens (tertiary/aromatic N) is 5. The molecule has 3 heterocycles. The van der Waals surface area contributed by atoms with Gasteiger partial charge in [-0.3, -0.25) is 9.09 Å². The molecule has 3 aromatic carbocycles. The SMILES string of the molecule is COc1nc(N)nc2c1nc(I)n2[C@@H]1O[C@H](COc2ccc3ccccc3c2O[P+]([O-])=N[C@H](C(=O)OCc2ccccc2)C(C)C)[C@@H](O)[C@@]1(C)O. The van der Waals surface area contributed by atoms with Crippen LogP contribution in [0.1, 0.15) is 32.6 Å². The Morgan fingerprint density at radius 1 is 1.14 bits per heavy atom. The lowest BCUT2D eigenvalue weighted by molar-refractivity contribution is -0.170. The highest BCUT2D eigenvalue weighted by Gasteiger charge is 2.54. The molecule has 15 nitrogen and oxygen atoms in total. The number of anilines is 1. The molecule has 0 bridgehead atoms. The van der Waals surface area contributed by atoms with Crippen molar-refractivity contribution in [2.75, 3.05) is 19.5 Å². The Hall–Kier alpha value is -4.19. The summed E-state index contributed by atoms with van der Waals surface area (Å²) in [7, 11) is -1.37. The number of benzene rings is 3. The number of hydrogen-bond acceptors (Lipinski definition) is 14. The van der Waals surface area contributed by atoms with Crippen LogP contribution >= 0.6 is 30.8 Å². The van der Waals surface area contributed by atoms with Crippen molar-refractivity contribution < 1.29 is 43.4 Å². The van der Waals surface area contributed by atoms with Gasteiger partial charge in [0.2, 0.25) is 17.6 Å². The summed E-state index contributed by atoms with van der Waals surface area (Å²) < 4.78 is 35.2. The van der Waals surface area contributed by atoms with Crippen molar-refractivity contribution in [1.29, 1.82) is 0 Å². The number of methoxy groups -OCH3 is 1. The minimum absolute atomic E-state index is 0.0480. The van der Waals surface area contributed by atoms with Gasteiger partial charge >= 0.3 is 14.1 Å². The van der Waals surface area contributed by atoms with Crippen molar-refractivity contribution in [2.45, 2.75) is 57.5 Å². The first kappa shape index (κ1) is 36.6. The Morgan fingerprint density at radius 3 is 2.59 bits per heavy atom. The van der Waals surface area contributed by atoms with Gasteiger partial charge in [-0.05, 0) is 29.9 Å². The minimum atomic E-state index is -2.79. The molecular formula is C34H36IN6O9P. The second-order valence-electron chi connectivity index (χ2n) is 12.4. The maximum Gasteiger partial charge on any atom is 0.395 e. The van der Waals surface area contributed by atoms with E-state index in [2.05, 4.69) is 19.7 Å². The number of carbonyl (C=O) groups is 1. The number of rotatable bonds is 12. The Kier molecular flexibility index (Phi) is 10.9. The molecule has 51 heavy (non-hydrogen) atoms. The molecule has 1 aliphatic heterocycles. The second-order valence-corrected chi connectivity index (χ2v) is 14.2. The van der Waals surface area contributed by atoms with Crippen LogP contribution in [-0.4, -0.2) is 73.3 Å². The Labute approximate surface area is 307 Å². The molecule has 1 fully saturated rings.